The van der Waals surface area contributed by atoms with Crippen molar-refractivity contribution < 1.29 is 32.7 Å². The molecule has 0 fully saturated rings. The summed E-state index contributed by atoms with van der Waals surface area (Å²) in [5.41, 5.74) is 5.13. The van der Waals surface area contributed by atoms with Crippen molar-refractivity contribution in [1.29, 1.82) is 0 Å². The van der Waals surface area contributed by atoms with Crippen molar-refractivity contribution >= 4 is 54.1 Å². The van der Waals surface area contributed by atoms with Crippen molar-refractivity contribution in [3.05, 3.63) is 109 Å². The minimum Gasteiger partial charge on any atom is -0.343 e. The molecule has 0 spiro atoms. The van der Waals surface area contributed by atoms with Gasteiger partial charge in [-0.05, 0) is 23.1 Å². The Morgan fingerprint density at radius 3 is 1.73 bits per heavy atom. The van der Waals surface area contributed by atoms with Gasteiger partial charge in [0.25, 0.3) is 0 Å². The number of benzene rings is 6. The van der Waals surface area contributed by atoms with Crippen LogP contribution in [0, 0.1) is 6.07 Å². The number of nitrogens with zero attached hydrogens (tertiary/aromatic N) is 1. The number of hydrogen-bond donors (Lipinski definition) is 0. The standard InChI is InChI=1S/C31H20N.Y/c1-32-29-17-9-8-15-25(29)28-19-27(24-14-6-7-16-26(24)31(28)32)30-22-12-4-2-10-20(22)18-21-11-3-5-13-23(21)30;/h2-17,19H,1H3;/q-1;. The molecule has 0 bridgehead atoms. The van der Waals surface area contributed by atoms with Crippen LogP contribution in [-0.4, -0.2) is 4.57 Å². The Morgan fingerprint density at radius 1 is 0.545 bits per heavy atom. The van der Waals surface area contributed by atoms with Crippen LogP contribution in [0.2, 0.25) is 0 Å². The normalized spacial score (nSPS) is 11.5. The molecule has 1 nitrogen and oxygen atoms in total. The second-order valence-electron chi connectivity index (χ2n) is 8.53. The zero-order valence-corrected chi connectivity index (χ0v) is 21.2. The maximum atomic E-state index is 3.63. The number of fused-ring (bicyclic) bond motifs is 7. The summed E-state index contributed by atoms with van der Waals surface area (Å²) in [4.78, 5) is 0. The molecule has 0 amide bonds. The van der Waals surface area contributed by atoms with Crippen LogP contribution in [0.3, 0.4) is 0 Å². The number of para-hydroxylation sites is 1. The molecule has 0 atom stereocenters. The van der Waals surface area contributed by atoms with Gasteiger partial charge in [-0.1, -0.05) is 95.2 Å². The number of aryl methyl sites for hydroxylation is 1. The largest absolute Gasteiger partial charge is 0.343 e. The fraction of sp³-hybridized carbons (Fsp3) is 0.0323. The van der Waals surface area contributed by atoms with Crippen molar-refractivity contribution in [2.45, 2.75) is 0 Å². The third-order valence-electron chi connectivity index (χ3n) is 6.84. The zero-order chi connectivity index (χ0) is 21.2. The van der Waals surface area contributed by atoms with Crippen LogP contribution in [0.4, 0.5) is 0 Å². The molecular weight excluding hydrogens is 475 g/mol. The minimum absolute atomic E-state index is 0. The molecule has 1 heterocycles. The Kier molecular flexibility index (Phi) is 4.87. The van der Waals surface area contributed by atoms with Crippen LogP contribution in [0.25, 0.3) is 65.3 Å². The fourth-order valence-corrected chi connectivity index (χ4v) is 5.45. The van der Waals surface area contributed by atoms with Crippen LogP contribution < -0.4 is 0 Å². The molecule has 0 unspecified atom stereocenters. The predicted octanol–water partition coefficient (Wildman–Crippen LogP) is 8.26. The summed E-state index contributed by atoms with van der Waals surface area (Å²) in [6.07, 6.45) is 0. The predicted molar refractivity (Wildman–Crippen MR) is 137 cm³/mol. The van der Waals surface area contributed by atoms with Crippen molar-refractivity contribution in [1.82, 2.24) is 4.57 Å². The Balaban J connectivity index is 0.00000206. The van der Waals surface area contributed by atoms with Gasteiger partial charge in [-0.15, -0.1) is 29.0 Å². The van der Waals surface area contributed by atoms with E-state index in [0.717, 1.165) is 10.8 Å². The molecule has 7 aromatic rings. The third-order valence-corrected chi connectivity index (χ3v) is 6.84. The van der Waals surface area contributed by atoms with E-state index in [1.54, 1.807) is 0 Å². The van der Waals surface area contributed by atoms with Crippen molar-refractivity contribution in [2.24, 2.45) is 7.05 Å². The van der Waals surface area contributed by atoms with E-state index in [0.29, 0.717) is 0 Å². The Bertz CT molecular complexity index is 1790. The molecular formula is C31H20NY-. The van der Waals surface area contributed by atoms with Gasteiger partial charge in [-0.2, -0.15) is 0 Å². The maximum absolute atomic E-state index is 3.63. The Hall–Kier alpha value is -3.00. The van der Waals surface area contributed by atoms with Gasteiger partial charge < -0.3 is 4.57 Å². The smallest absolute Gasteiger partial charge is 0.0568 e. The van der Waals surface area contributed by atoms with Gasteiger partial charge in [0.05, 0.1) is 5.52 Å². The monoisotopic (exact) mass is 495 g/mol. The van der Waals surface area contributed by atoms with Gasteiger partial charge in [-0.3, -0.25) is 0 Å². The minimum atomic E-state index is 0. The summed E-state index contributed by atoms with van der Waals surface area (Å²) in [6, 6.07) is 40.9. The van der Waals surface area contributed by atoms with Crippen LogP contribution >= 0.6 is 0 Å². The van der Waals surface area contributed by atoms with Gasteiger partial charge >= 0.3 is 0 Å². The molecule has 6 aromatic carbocycles. The second kappa shape index (κ2) is 7.80. The molecule has 0 saturated heterocycles. The summed E-state index contributed by atoms with van der Waals surface area (Å²) in [5.74, 6) is 0. The summed E-state index contributed by atoms with van der Waals surface area (Å²) in [5, 5.41) is 9.98. The molecule has 0 N–H and O–H groups in total. The molecule has 7 rings (SSSR count). The first-order chi connectivity index (χ1) is 15.8. The van der Waals surface area contributed by atoms with E-state index in [4.69, 9.17) is 0 Å². The van der Waals surface area contributed by atoms with Crippen molar-refractivity contribution in [2.75, 3.05) is 0 Å². The zero-order valence-electron chi connectivity index (χ0n) is 18.3. The van der Waals surface area contributed by atoms with Crippen LogP contribution in [0.5, 0.6) is 0 Å². The molecule has 0 aliphatic heterocycles. The molecule has 0 saturated carbocycles. The van der Waals surface area contributed by atoms with E-state index < -0.39 is 0 Å². The average Bonchev–Trinajstić information content (AvgIpc) is 3.14. The van der Waals surface area contributed by atoms with Gasteiger partial charge in [-0.25, -0.2) is 0 Å². The van der Waals surface area contributed by atoms with Gasteiger partial charge in [0.1, 0.15) is 0 Å². The first kappa shape index (κ1) is 20.6. The quantitative estimate of drug-likeness (QED) is 0.160. The molecule has 153 valence electrons. The maximum Gasteiger partial charge on any atom is 0.0568 e. The van der Waals surface area contributed by atoms with E-state index in [1.165, 1.54) is 54.5 Å². The summed E-state index contributed by atoms with van der Waals surface area (Å²) < 4.78 is 2.34. The van der Waals surface area contributed by atoms with E-state index in [2.05, 4.69) is 121 Å². The molecule has 33 heavy (non-hydrogen) atoms. The molecule has 1 aromatic heterocycles. The first-order valence-corrected chi connectivity index (χ1v) is 11.0. The summed E-state index contributed by atoms with van der Waals surface area (Å²) >= 11 is 0. The van der Waals surface area contributed by atoms with Gasteiger partial charge in [0, 0.05) is 61.4 Å². The Labute approximate surface area is 217 Å². The van der Waals surface area contributed by atoms with Crippen molar-refractivity contribution in [3.63, 3.8) is 0 Å². The van der Waals surface area contributed by atoms with Gasteiger partial charge in [0.2, 0.25) is 0 Å². The fourth-order valence-electron chi connectivity index (χ4n) is 5.45. The van der Waals surface area contributed by atoms with E-state index in [-0.39, 0.29) is 32.7 Å². The van der Waals surface area contributed by atoms with Crippen LogP contribution in [0.15, 0.2) is 103 Å². The summed E-state index contributed by atoms with van der Waals surface area (Å²) in [7, 11) is 2.18. The number of aromatic nitrogens is 1. The third kappa shape index (κ3) is 2.93. The molecule has 0 aliphatic rings. The van der Waals surface area contributed by atoms with Gasteiger partial charge in [0.15, 0.2) is 0 Å². The second-order valence-corrected chi connectivity index (χ2v) is 8.53. The SMILES string of the molecule is Cn1c2ccccc2c2cc(-c3c4ccccc4[c-]c4ccccc34)c3ccccc3c21.[Y]. The average molecular weight is 495 g/mol. The topological polar surface area (TPSA) is 4.93 Å². The number of hydrogen-bond acceptors (Lipinski definition) is 0. The molecule has 1 radical (unpaired) electrons. The molecule has 2 heteroatoms. The number of rotatable bonds is 1. The van der Waals surface area contributed by atoms with E-state index in [1.807, 2.05) is 0 Å². The van der Waals surface area contributed by atoms with Crippen LogP contribution in [0.1, 0.15) is 0 Å². The Morgan fingerprint density at radius 2 is 1.06 bits per heavy atom. The van der Waals surface area contributed by atoms with Crippen molar-refractivity contribution in [3.8, 4) is 11.1 Å². The molecule has 0 aliphatic carbocycles. The van der Waals surface area contributed by atoms with E-state index in [9.17, 15) is 0 Å². The van der Waals surface area contributed by atoms with E-state index >= 15 is 0 Å². The first-order valence-electron chi connectivity index (χ1n) is 11.0. The summed E-state index contributed by atoms with van der Waals surface area (Å²) in [6.45, 7) is 0. The van der Waals surface area contributed by atoms with Crippen LogP contribution in [-0.2, 0) is 39.8 Å².